The van der Waals surface area contributed by atoms with Crippen LogP contribution in [0.1, 0.15) is 5.82 Å². The van der Waals surface area contributed by atoms with E-state index in [4.69, 9.17) is 5.73 Å². The fourth-order valence-corrected chi connectivity index (χ4v) is 2.69. The average molecular weight is 347 g/mol. The second-order valence-corrected chi connectivity index (χ2v) is 6.30. The maximum Gasteiger partial charge on any atom is 0.240 e. The van der Waals surface area contributed by atoms with Crippen LogP contribution in [0.15, 0.2) is 38.5 Å². The summed E-state index contributed by atoms with van der Waals surface area (Å²) in [5.41, 5.74) is 6.01. The number of sulfonamides is 1. The minimum Gasteiger partial charge on any atom is -0.398 e. The summed E-state index contributed by atoms with van der Waals surface area (Å²) in [7, 11) is -3.59. The molecule has 1 aromatic heterocycles. The Labute approximate surface area is 118 Å². The Balaban J connectivity index is 2.03. The molecule has 102 valence electrons. The molecule has 0 amide bonds. The summed E-state index contributed by atoms with van der Waals surface area (Å²) in [6, 6.07) is 4.45. The van der Waals surface area contributed by atoms with Crippen molar-refractivity contribution in [3.63, 3.8) is 0 Å². The summed E-state index contributed by atoms with van der Waals surface area (Å²) in [5, 5.41) is 3.59. The third-order valence-corrected chi connectivity index (χ3v) is 4.51. The summed E-state index contributed by atoms with van der Waals surface area (Å²) in [6.45, 7) is 0.178. The number of aromatic nitrogens is 2. The molecule has 0 spiro atoms. The van der Waals surface area contributed by atoms with E-state index in [1.807, 2.05) is 0 Å². The first-order valence-corrected chi connectivity index (χ1v) is 7.56. The monoisotopic (exact) mass is 346 g/mol. The molecule has 3 N–H and O–H groups in total. The van der Waals surface area contributed by atoms with Crippen molar-refractivity contribution < 1.29 is 12.9 Å². The van der Waals surface area contributed by atoms with Crippen molar-refractivity contribution in [2.75, 3.05) is 12.3 Å². The molecule has 1 aromatic carbocycles. The SMILES string of the molecule is Nc1cc(S(=O)(=O)NCCc2ncon2)ccc1Br. The van der Waals surface area contributed by atoms with Gasteiger partial charge in [0, 0.05) is 23.1 Å². The normalized spacial score (nSPS) is 11.6. The molecular formula is C10H11BrN4O3S. The molecule has 0 radical (unpaired) electrons. The van der Waals surface area contributed by atoms with Gasteiger partial charge in [-0.15, -0.1) is 0 Å². The van der Waals surface area contributed by atoms with Crippen LogP contribution in [0.4, 0.5) is 5.69 Å². The van der Waals surface area contributed by atoms with Crippen LogP contribution in [0.3, 0.4) is 0 Å². The van der Waals surface area contributed by atoms with Crippen molar-refractivity contribution in [1.29, 1.82) is 0 Å². The molecule has 0 saturated carbocycles. The Morgan fingerprint density at radius 3 is 2.84 bits per heavy atom. The molecular weight excluding hydrogens is 336 g/mol. The van der Waals surface area contributed by atoms with Crippen molar-refractivity contribution in [2.45, 2.75) is 11.3 Å². The number of hydrogen-bond acceptors (Lipinski definition) is 6. The van der Waals surface area contributed by atoms with E-state index in [1.165, 1.54) is 18.5 Å². The third kappa shape index (κ3) is 3.52. The van der Waals surface area contributed by atoms with Crippen molar-refractivity contribution in [2.24, 2.45) is 0 Å². The lowest BCUT2D eigenvalue weighted by Gasteiger charge is -2.07. The van der Waals surface area contributed by atoms with Crippen LogP contribution in [-0.2, 0) is 16.4 Å². The van der Waals surface area contributed by atoms with Crippen molar-refractivity contribution in [3.05, 3.63) is 34.9 Å². The number of benzene rings is 1. The summed E-state index contributed by atoms with van der Waals surface area (Å²) >= 11 is 3.21. The van der Waals surface area contributed by atoms with Crippen molar-refractivity contribution >= 4 is 31.6 Å². The molecule has 0 aliphatic carbocycles. The lowest BCUT2D eigenvalue weighted by molar-refractivity contribution is 0.410. The molecule has 1 heterocycles. The molecule has 0 saturated heterocycles. The molecule has 9 heteroatoms. The van der Waals surface area contributed by atoms with Crippen LogP contribution in [-0.4, -0.2) is 25.1 Å². The standard InChI is InChI=1S/C10H11BrN4O3S/c11-8-2-1-7(5-9(8)12)19(16,17)14-4-3-10-13-6-18-15-10/h1-2,5-6,14H,3-4,12H2. The van der Waals surface area contributed by atoms with E-state index < -0.39 is 10.0 Å². The van der Waals surface area contributed by atoms with E-state index in [9.17, 15) is 8.42 Å². The smallest absolute Gasteiger partial charge is 0.240 e. The molecule has 2 aromatic rings. The van der Waals surface area contributed by atoms with Crippen molar-refractivity contribution in [1.82, 2.24) is 14.9 Å². The molecule has 0 fully saturated rings. The van der Waals surface area contributed by atoms with E-state index in [1.54, 1.807) is 6.07 Å². The lowest BCUT2D eigenvalue weighted by Crippen LogP contribution is -2.26. The summed E-state index contributed by atoms with van der Waals surface area (Å²) < 4.78 is 31.6. The van der Waals surface area contributed by atoms with Crippen LogP contribution in [0.25, 0.3) is 0 Å². The third-order valence-electron chi connectivity index (χ3n) is 2.33. The van der Waals surface area contributed by atoms with Gasteiger partial charge in [0.05, 0.1) is 4.90 Å². The Morgan fingerprint density at radius 1 is 1.42 bits per heavy atom. The summed E-state index contributed by atoms with van der Waals surface area (Å²) in [4.78, 5) is 3.91. The molecule has 0 aliphatic rings. The van der Waals surface area contributed by atoms with E-state index in [0.717, 1.165) is 0 Å². The Morgan fingerprint density at radius 2 is 2.21 bits per heavy atom. The van der Waals surface area contributed by atoms with Crippen LogP contribution >= 0.6 is 15.9 Å². The average Bonchev–Trinajstić information content (AvgIpc) is 2.85. The highest BCUT2D eigenvalue weighted by Crippen LogP contribution is 2.22. The number of nitrogens with one attached hydrogen (secondary N) is 1. The van der Waals surface area contributed by atoms with Gasteiger partial charge in [0.15, 0.2) is 5.82 Å². The molecule has 0 unspecified atom stereocenters. The minimum absolute atomic E-state index is 0.112. The molecule has 2 rings (SSSR count). The van der Waals surface area contributed by atoms with Crippen LogP contribution in [0, 0.1) is 0 Å². The Bertz CT molecular complexity index is 657. The van der Waals surface area contributed by atoms with Gasteiger partial charge in [-0.05, 0) is 34.1 Å². The molecule has 0 atom stereocenters. The summed E-state index contributed by atoms with van der Waals surface area (Å²) in [5.74, 6) is 0.443. The van der Waals surface area contributed by atoms with Gasteiger partial charge < -0.3 is 10.3 Å². The van der Waals surface area contributed by atoms with Gasteiger partial charge in [0.25, 0.3) is 0 Å². The van der Waals surface area contributed by atoms with Gasteiger partial charge >= 0.3 is 0 Å². The second-order valence-electron chi connectivity index (χ2n) is 3.68. The Kier molecular flexibility index (Phi) is 4.17. The van der Waals surface area contributed by atoms with E-state index in [-0.39, 0.29) is 11.4 Å². The zero-order valence-corrected chi connectivity index (χ0v) is 12.1. The molecule has 7 nitrogen and oxygen atoms in total. The predicted molar refractivity (Wildman–Crippen MR) is 71.7 cm³/mol. The fraction of sp³-hybridized carbons (Fsp3) is 0.200. The molecule has 0 bridgehead atoms. The molecule has 0 aliphatic heterocycles. The molecule has 19 heavy (non-hydrogen) atoms. The van der Waals surface area contributed by atoms with Crippen LogP contribution in [0.2, 0.25) is 0 Å². The fourth-order valence-electron chi connectivity index (χ4n) is 1.37. The zero-order valence-electron chi connectivity index (χ0n) is 9.71. The number of anilines is 1. The number of rotatable bonds is 5. The zero-order chi connectivity index (χ0) is 13.9. The summed E-state index contributed by atoms with van der Waals surface area (Å²) in [6.07, 6.45) is 1.54. The minimum atomic E-state index is -3.59. The van der Waals surface area contributed by atoms with Gasteiger partial charge in [0.1, 0.15) is 0 Å². The number of halogens is 1. The first-order chi connectivity index (χ1) is 8.99. The topological polar surface area (TPSA) is 111 Å². The number of nitrogens with two attached hydrogens (primary N) is 1. The predicted octanol–water partition coefficient (Wildman–Crippen LogP) is 0.935. The second kappa shape index (κ2) is 5.68. The van der Waals surface area contributed by atoms with Crippen molar-refractivity contribution in [3.8, 4) is 0 Å². The number of nitrogen functional groups attached to an aromatic ring is 1. The Hall–Kier alpha value is -1.45. The quantitative estimate of drug-likeness (QED) is 0.779. The first kappa shape index (κ1) is 14.0. The van der Waals surface area contributed by atoms with E-state index in [0.29, 0.717) is 22.4 Å². The number of hydrogen-bond donors (Lipinski definition) is 2. The van der Waals surface area contributed by atoms with Gasteiger partial charge in [-0.25, -0.2) is 13.1 Å². The van der Waals surface area contributed by atoms with Gasteiger partial charge in [-0.1, -0.05) is 5.16 Å². The highest BCUT2D eigenvalue weighted by atomic mass is 79.9. The van der Waals surface area contributed by atoms with E-state index in [2.05, 4.69) is 35.3 Å². The highest BCUT2D eigenvalue weighted by Gasteiger charge is 2.14. The van der Waals surface area contributed by atoms with Crippen LogP contribution in [0.5, 0.6) is 0 Å². The van der Waals surface area contributed by atoms with Gasteiger partial charge in [-0.3, -0.25) is 0 Å². The highest BCUT2D eigenvalue weighted by molar-refractivity contribution is 9.10. The maximum absolute atomic E-state index is 12.0. The lowest BCUT2D eigenvalue weighted by atomic mass is 10.3. The first-order valence-electron chi connectivity index (χ1n) is 5.29. The van der Waals surface area contributed by atoms with Crippen LogP contribution < -0.4 is 10.5 Å². The maximum atomic E-state index is 12.0. The van der Waals surface area contributed by atoms with Gasteiger partial charge in [0.2, 0.25) is 16.4 Å². The van der Waals surface area contributed by atoms with Gasteiger partial charge in [-0.2, -0.15) is 4.98 Å². The van der Waals surface area contributed by atoms with E-state index >= 15 is 0 Å². The number of nitrogens with zero attached hydrogens (tertiary/aromatic N) is 2. The largest absolute Gasteiger partial charge is 0.398 e.